The van der Waals surface area contributed by atoms with Crippen molar-refractivity contribution in [1.29, 1.82) is 0 Å². The van der Waals surface area contributed by atoms with Crippen molar-refractivity contribution in [2.75, 3.05) is 30.3 Å². The third kappa shape index (κ3) is 6.48. The van der Waals surface area contributed by atoms with E-state index in [1.807, 2.05) is 0 Å². The van der Waals surface area contributed by atoms with Crippen molar-refractivity contribution in [1.82, 2.24) is 20.3 Å². The maximum Gasteiger partial charge on any atom is 0.405 e. The number of amides is 1. The molecule has 2 heterocycles. The van der Waals surface area contributed by atoms with E-state index in [1.54, 1.807) is 23.7 Å². The smallest absolute Gasteiger partial charge is 0.375 e. The number of anilines is 2. The number of aromatic nitrogens is 3. The number of nitrogens with zero attached hydrogens (tertiary/aromatic N) is 3. The summed E-state index contributed by atoms with van der Waals surface area (Å²) in [5.74, 6) is -0.506. The summed E-state index contributed by atoms with van der Waals surface area (Å²) in [5, 5.41) is 16.3. The first-order valence-corrected chi connectivity index (χ1v) is 8.68. The van der Waals surface area contributed by atoms with Gasteiger partial charge in [-0.3, -0.25) is 4.79 Å². The van der Waals surface area contributed by atoms with Gasteiger partial charge in [0.05, 0.1) is 23.1 Å². The van der Waals surface area contributed by atoms with Crippen LogP contribution in [0.4, 0.5) is 24.5 Å². The highest BCUT2D eigenvalue weighted by atomic mass is 35.5. The largest absolute Gasteiger partial charge is 0.405 e. The summed E-state index contributed by atoms with van der Waals surface area (Å²) in [6, 6.07) is 6.41. The van der Waals surface area contributed by atoms with E-state index in [0.29, 0.717) is 5.69 Å². The molecular formula is C17H23Cl2F3N6O. The van der Waals surface area contributed by atoms with Crippen LogP contribution in [0.5, 0.6) is 0 Å². The van der Waals surface area contributed by atoms with Crippen LogP contribution < -0.4 is 16.0 Å². The SMILES string of the molecule is Cc1c(C(=O)Nc2ccccc2NCC(F)(F)F)nnn1C1CCNCC1.Cl.Cl. The second-order valence-corrected chi connectivity index (χ2v) is 6.42. The van der Waals surface area contributed by atoms with Gasteiger partial charge in [-0.1, -0.05) is 17.3 Å². The molecule has 0 unspecified atom stereocenters. The Labute approximate surface area is 178 Å². The Kier molecular flexibility index (Phi) is 9.18. The van der Waals surface area contributed by atoms with E-state index in [2.05, 4.69) is 26.3 Å². The van der Waals surface area contributed by atoms with Gasteiger partial charge >= 0.3 is 6.18 Å². The maximum atomic E-state index is 12.6. The summed E-state index contributed by atoms with van der Waals surface area (Å²) in [4.78, 5) is 12.6. The molecule has 1 saturated heterocycles. The fourth-order valence-electron chi connectivity index (χ4n) is 3.07. The monoisotopic (exact) mass is 454 g/mol. The highest BCUT2D eigenvalue weighted by molar-refractivity contribution is 6.05. The normalized spacial score (nSPS) is 14.5. The number of benzene rings is 1. The zero-order valence-electron chi connectivity index (χ0n) is 15.6. The van der Waals surface area contributed by atoms with Gasteiger partial charge in [-0.25, -0.2) is 4.68 Å². The molecule has 0 saturated carbocycles. The molecule has 12 heteroatoms. The number of carbonyl (C=O) groups excluding carboxylic acids is 1. The minimum absolute atomic E-state index is 0. The second kappa shape index (κ2) is 10.7. The molecule has 2 aromatic rings. The van der Waals surface area contributed by atoms with E-state index in [9.17, 15) is 18.0 Å². The molecule has 3 N–H and O–H groups in total. The lowest BCUT2D eigenvalue weighted by atomic mass is 10.1. The van der Waals surface area contributed by atoms with Gasteiger partial charge in [-0.2, -0.15) is 13.2 Å². The Morgan fingerprint density at radius 3 is 2.45 bits per heavy atom. The van der Waals surface area contributed by atoms with Crippen LogP contribution in [0.1, 0.15) is 35.1 Å². The first-order chi connectivity index (χ1) is 12.8. The quantitative estimate of drug-likeness (QED) is 0.642. The number of rotatable bonds is 5. The summed E-state index contributed by atoms with van der Waals surface area (Å²) < 4.78 is 39.1. The van der Waals surface area contributed by atoms with Crippen molar-refractivity contribution in [2.45, 2.75) is 32.0 Å². The molecular weight excluding hydrogens is 432 g/mol. The molecule has 1 amide bonds. The summed E-state index contributed by atoms with van der Waals surface area (Å²) in [7, 11) is 0. The van der Waals surface area contributed by atoms with Gasteiger partial charge in [0.2, 0.25) is 0 Å². The van der Waals surface area contributed by atoms with Crippen LogP contribution in [0.15, 0.2) is 24.3 Å². The standard InChI is InChI=1S/C17H21F3N6O.2ClH/c1-11-15(24-25-26(11)12-6-8-21-9-7-12)16(27)23-14-5-3-2-4-13(14)22-10-17(18,19)20;;/h2-5,12,21-22H,6-10H2,1H3,(H,23,27);2*1H. The van der Waals surface area contributed by atoms with E-state index < -0.39 is 18.6 Å². The molecule has 0 aliphatic carbocycles. The van der Waals surface area contributed by atoms with Crippen molar-refractivity contribution >= 4 is 42.1 Å². The molecule has 1 aromatic heterocycles. The number of nitrogens with one attached hydrogen (secondary N) is 3. The van der Waals surface area contributed by atoms with Crippen molar-refractivity contribution in [2.24, 2.45) is 0 Å². The predicted octanol–water partition coefficient (Wildman–Crippen LogP) is 3.58. The van der Waals surface area contributed by atoms with Crippen molar-refractivity contribution in [3.63, 3.8) is 0 Å². The molecule has 0 spiro atoms. The van der Waals surface area contributed by atoms with Gasteiger partial charge in [-0.05, 0) is 45.0 Å². The third-order valence-electron chi connectivity index (χ3n) is 4.45. The molecule has 1 aromatic carbocycles. The Bertz CT molecular complexity index is 809. The highest BCUT2D eigenvalue weighted by Gasteiger charge is 2.27. The Morgan fingerprint density at radius 1 is 1.21 bits per heavy atom. The molecule has 1 fully saturated rings. The van der Waals surface area contributed by atoms with Crippen molar-refractivity contribution in [3.8, 4) is 0 Å². The number of halogens is 5. The average Bonchev–Trinajstić information content (AvgIpc) is 3.02. The molecule has 0 atom stereocenters. The number of hydrogen-bond donors (Lipinski definition) is 3. The summed E-state index contributed by atoms with van der Waals surface area (Å²) in [6.07, 6.45) is -2.56. The average molecular weight is 455 g/mol. The summed E-state index contributed by atoms with van der Waals surface area (Å²) in [6.45, 7) is 2.34. The molecule has 0 radical (unpaired) electrons. The van der Waals surface area contributed by atoms with Crippen LogP contribution >= 0.6 is 24.8 Å². The van der Waals surface area contributed by atoms with Gasteiger partial charge in [0.25, 0.3) is 5.91 Å². The van der Waals surface area contributed by atoms with Crippen LogP contribution in [0.25, 0.3) is 0 Å². The number of piperidine rings is 1. The van der Waals surface area contributed by atoms with Crippen LogP contribution in [-0.2, 0) is 0 Å². The lowest BCUT2D eigenvalue weighted by Gasteiger charge is -2.23. The topological polar surface area (TPSA) is 83.9 Å². The maximum absolute atomic E-state index is 12.6. The minimum atomic E-state index is -4.36. The molecule has 7 nitrogen and oxygen atoms in total. The predicted molar refractivity (Wildman–Crippen MR) is 109 cm³/mol. The van der Waals surface area contributed by atoms with Crippen LogP contribution in [0.3, 0.4) is 0 Å². The summed E-state index contributed by atoms with van der Waals surface area (Å²) in [5.41, 5.74) is 1.24. The lowest BCUT2D eigenvalue weighted by molar-refractivity contribution is -0.115. The van der Waals surface area contributed by atoms with Crippen molar-refractivity contribution in [3.05, 3.63) is 35.7 Å². The number of carbonyl (C=O) groups is 1. The Morgan fingerprint density at radius 2 is 1.83 bits per heavy atom. The number of para-hydroxylation sites is 2. The minimum Gasteiger partial charge on any atom is -0.375 e. The first-order valence-electron chi connectivity index (χ1n) is 8.68. The third-order valence-corrected chi connectivity index (χ3v) is 4.45. The first kappa shape index (κ1) is 25.0. The van der Waals surface area contributed by atoms with E-state index in [0.717, 1.165) is 25.9 Å². The lowest BCUT2D eigenvalue weighted by Crippen LogP contribution is -2.30. The summed E-state index contributed by atoms with van der Waals surface area (Å²) >= 11 is 0. The molecule has 1 aliphatic rings. The highest BCUT2D eigenvalue weighted by Crippen LogP contribution is 2.25. The van der Waals surface area contributed by atoms with Gasteiger partial charge in [0.15, 0.2) is 5.69 Å². The number of hydrogen-bond acceptors (Lipinski definition) is 5. The van der Waals surface area contributed by atoms with E-state index >= 15 is 0 Å². The fourth-order valence-corrected chi connectivity index (χ4v) is 3.07. The molecule has 0 bridgehead atoms. The fraction of sp³-hybridized carbons (Fsp3) is 0.471. The van der Waals surface area contributed by atoms with Gasteiger partial charge in [-0.15, -0.1) is 29.9 Å². The number of alkyl halides is 3. The molecule has 162 valence electrons. The van der Waals surface area contributed by atoms with Gasteiger partial charge in [0, 0.05) is 0 Å². The second-order valence-electron chi connectivity index (χ2n) is 6.42. The van der Waals surface area contributed by atoms with E-state index in [-0.39, 0.29) is 47.9 Å². The van der Waals surface area contributed by atoms with Gasteiger partial charge < -0.3 is 16.0 Å². The van der Waals surface area contributed by atoms with E-state index in [1.165, 1.54) is 12.1 Å². The molecule has 3 rings (SSSR count). The molecule has 1 aliphatic heterocycles. The Hall–Kier alpha value is -2.04. The zero-order chi connectivity index (χ0) is 19.4. The van der Waals surface area contributed by atoms with Gasteiger partial charge in [0.1, 0.15) is 6.54 Å². The van der Waals surface area contributed by atoms with Crippen LogP contribution in [0, 0.1) is 6.92 Å². The molecule has 29 heavy (non-hydrogen) atoms. The van der Waals surface area contributed by atoms with Crippen molar-refractivity contribution < 1.29 is 18.0 Å². The van der Waals surface area contributed by atoms with Crippen LogP contribution in [-0.4, -0.2) is 46.7 Å². The van der Waals surface area contributed by atoms with Crippen LogP contribution in [0.2, 0.25) is 0 Å². The zero-order valence-corrected chi connectivity index (χ0v) is 17.3. The van der Waals surface area contributed by atoms with E-state index in [4.69, 9.17) is 0 Å². The Balaban J connectivity index is 0.00000210.